The van der Waals surface area contributed by atoms with Crippen LogP contribution in [-0.2, 0) is 0 Å². The van der Waals surface area contributed by atoms with Crippen LogP contribution in [0, 0.1) is 11.3 Å². The number of fused-ring (bicyclic) bond motifs is 2. The minimum Gasteiger partial charge on any atom is -0.347 e. The molecule has 2 bridgehead atoms. The van der Waals surface area contributed by atoms with E-state index >= 15 is 0 Å². The van der Waals surface area contributed by atoms with E-state index in [2.05, 4.69) is 26.2 Å². The Hall–Kier alpha value is -3.73. The van der Waals surface area contributed by atoms with Crippen LogP contribution in [0.3, 0.4) is 0 Å². The van der Waals surface area contributed by atoms with E-state index in [4.69, 9.17) is 0 Å². The summed E-state index contributed by atoms with van der Waals surface area (Å²) in [5.41, 5.74) is 1.88. The van der Waals surface area contributed by atoms with Crippen molar-refractivity contribution in [3.8, 4) is 11.8 Å². The predicted octanol–water partition coefficient (Wildman–Crippen LogP) is 2.03. The molecule has 0 N–H and O–H groups in total. The molecule has 2 aromatic heterocycles. The molecule has 2 fully saturated rings. The third-order valence-corrected chi connectivity index (χ3v) is 5.68. The van der Waals surface area contributed by atoms with Crippen molar-refractivity contribution in [3.63, 3.8) is 0 Å². The molecular formula is C21H19N7O. The molecule has 2 saturated heterocycles. The number of piperazine rings is 1. The molecule has 144 valence electrons. The van der Waals surface area contributed by atoms with Gasteiger partial charge in [-0.3, -0.25) is 4.79 Å². The van der Waals surface area contributed by atoms with Crippen LogP contribution in [0.25, 0.3) is 5.69 Å². The normalized spacial score (nSPS) is 20.5. The molecule has 29 heavy (non-hydrogen) atoms. The van der Waals surface area contributed by atoms with Crippen molar-refractivity contribution in [2.45, 2.75) is 24.9 Å². The number of carbonyl (C=O) groups is 1. The molecule has 0 radical (unpaired) electrons. The molecule has 2 aliphatic heterocycles. The first-order valence-electron chi connectivity index (χ1n) is 9.64. The lowest BCUT2D eigenvalue weighted by Gasteiger charge is -2.42. The Balaban J connectivity index is 1.41. The van der Waals surface area contributed by atoms with Gasteiger partial charge in [0.15, 0.2) is 0 Å². The highest BCUT2D eigenvalue weighted by Crippen LogP contribution is 2.34. The molecule has 3 aromatic rings. The summed E-state index contributed by atoms with van der Waals surface area (Å²) in [5, 5.41) is 17.5. The fraction of sp³-hybridized carbons (Fsp3) is 0.286. The zero-order valence-corrected chi connectivity index (χ0v) is 15.7. The maximum absolute atomic E-state index is 13.4. The molecule has 2 unspecified atom stereocenters. The maximum atomic E-state index is 13.4. The lowest BCUT2D eigenvalue weighted by Crippen LogP contribution is -2.55. The summed E-state index contributed by atoms with van der Waals surface area (Å²) < 4.78 is 0. The van der Waals surface area contributed by atoms with E-state index in [1.807, 2.05) is 35.2 Å². The van der Waals surface area contributed by atoms with Gasteiger partial charge in [0, 0.05) is 31.4 Å². The Labute approximate surface area is 168 Å². The molecule has 1 aromatic carbocycles. The zero-order valence-electron chi connectivity index (χ0n) is 15.7. The van der Waals surface area contributed by atoms with Crippen LogP contribution in [0.4, 0.5) is 5.82 Å². The number of nitriles is 1. The summed E-state index contributed by atoms with van der Waals surface area (Å²) in [6, 6.07) is 13.6. The molecule has 1 amide bonds. The molecule has 4 heterocycles. The Morgan fingerprint density at radius 1 is 1.03 bits per heavy atom. The average Bonchev–Trinajstić information content (AvgIpc) is 3.39. The SMILES string of the molecule is N#Cc1ccnc(N2C3CCC2CN(C(=O)c2ccccc2-n2nccn2)C3)c1. The quantitative estimate of drug-likeness (QED) is 0.685. The first-order valence-corrected chi connectivity index (χ1v) is 9.64. The molecule has 0 aliphatic carbocycles. The monoisotopic (exact) mass is 385 g/mol. The Bertz CT molecular complexity index is 1070. The third-order valence-electron chi connectivity index (χ3n) is 5.68. The number of aromatic nitrogens is 4. The largest absolute Gasteiger partial charge is 0.347 e. The van der Waals surface area contributed by atoms with Gasteiger partial charge in [0.2, 0.25) is 0 Å². The Morgan fingerprint density at radius 3 is 2.48 bits per heavy atom. The molecule has 8 heteroatoms. The summed E-state index contributed by atoms with van der Waals surface area (Å²) in [5.74, 6) is 0.818. The molecule has 5 rings (SSSR count). The van der Waals surface area contributed by atoms with Crippen molar-refractivity contribution in [2.75, 3.05) is 18.0 Å². The van der Waals surface area contributed by atoms with Crippen LogP contribution in [0.1, 0.15) is 28.8 Å². The average molecular weight is 385 g/mol. The number of amides is 1. The van der Waals surface area contributed by atoms with Crippen molar-refractivity contribution in [3.05, 3.63) is 66.1 Å². The second-order valence-corrected chi connectivity index (χ2v) is 7.35. The maximum Gasteiger partial charge on any atom is 0.256 e. The van der Waals surface area contributed by atoms with E-state index in [1.165, 1.54) is 4.80 Å². The summed E-state index contributed by atoms with van der Waals surface area (Å²) >= 11 is 0. The first kappa shape index (κ1) is 17.4. The fourth-order valence-electron chi connectivity index (χ4n) is 4.41. The molecule has 0 spiro atoms. The van der Waals surface area contributed by atoms with Gasteiger partial charge in [0.05, 0.1) is 35.3 Å². The highest BCUT2D eigenvalue weighted by molar-refractivity contribution is 5.98. The summed E-state index contributed by atoms with van der Waals surface area (Å²) in [6.07, 6.45) is 6.90. The van der Waals surface area contributed by atoms with E-state index in [9.17, 15) is 10.1 Å². The fourth-order valence-corrected chi connectivity index (χ4v) is 4.41. The van der Waals surface area contributed by atoms with Crippen molar-refractivity contribution in [1.82, 2.24) is 24.9 Å². The number of para-hydroxylation sites is 1. The third kappa shape index (κ3) is 3.01. The van der Waals surface area contributed by atoms with Crippen molar-refractivity contribution in [2.24, 2.45) is 0 Å². The molecular weight excluding hydrogens is 366 g/mol. The standard InChI is InChI=1S/C21H19N7O/c22-12-15-7-8-23-20(11-15)27-16-5-6-17(27)14-26(13-16)21(29)18-3-1-2-4-19(18)28-24-9-10-25-28/h1-4,7-11,16-17H,5-6,13-14H2. The number of pyridine rings is 1. The van der Waals surface area contributed by atoms with Crippen LogP contribution in [0.5, 0.6) is 0 Å². The van der Waals surface area contributed by atoms with Crippen molar-refractivity contribution < 1.29 is 4.79 Å². The van der Waals surface area contributed by atoms with Gasteiger partial charge in [-0.15, -0.1) is 0 Å². The van der Waals surface area contributed by atoms with E-state index in [0.717, 1.165) is 18.7 Å². The van der Waals surface area contributed by atoms with Gasteiger partial charge in [-0.05, 0) is 37.1 Å². The molecule has 0 saturated carbocycles. The summed E-state index contributed by atoms with van der Waals surface area (Å²) in [4.78, 5) is 23.5. The van der Waals surface area contributed by atoms with Crippen LogP contribution >= 0.6 is 0 Å². The highest BCUT2D eigenvalue weighted by atomic mass is 16.2. The van der Waals surface area contributed by atoms with E-state index in [-0.39, 0.29) is 18.0 Å². The van der Waals surface area contributed by atoms with Crippen LogP contribution in [0.15, 0.2) is 55.0 Å². The van der Waals surface area contributed by atoms with Gasteiger partial charge in [0.25, 0.3) is 5.91 Å². The van der Waals surface area contributed by atoms with Crippen LogP contribution in [-0.4, -0.2) is 56.0 Å². The van der Waals surface area contributed by atoms with Crippen molar-refractivity contribution >= 4 is 11.7 Å². The number of likely N-dealkylation sites (tertiary alicyclic amines) is 1. The minimum absolute atomic E-state index is 0.00631. The number of carbonyl (C=O) groups excluding carboxylic acids is 1. The van der Waals surface area contributed by atoms with Crippen LogP contribution < -0.4 is 4.90 Å². The summed E-state index contributed by atoms with van der Waals surface area (Å²) in [7, 11) is 0. The number of nitrogens with zero attached hydrogens (tertiary/aromatic N) is 7. The Morgan fingerprint density at radius 2 is 1.76 bits per heavy atom. The topological polar surface area (TPSA) is 90.9 Å². The highest BCUT2D eigenvalue weighted by Gasteiger charge is 2.42. The first-order chi connectivity index (χ1) is 14.2. The zero-order chi connectivity index (χ0) is 19.8. The Kier molecular flexibility index (Phi) is 4.21. The molecule has 2 aliphatic rings. The van der Waals surface area contributed by atoms with Gasteiger partial charge in [-0.1, -0.05) is 12.1 Å². The van der Waals surface area contributed by atoms with Gasteiger partial charge in [0.1, 0.15) is 5.82 Å². The molecule has 2 atom stereocenters. The predicted molar refractivity (Wildman–Crippen MR) is 106 cm³/mol. The van der Waals surface area contributed by atoms with Gasteiger partial charge in [-0.25, -0.2) is 4.98 Å². The van der Waals surface area contributed by atoms with Crippen molar-refractivity contribution in [1.29, 1.82) is 5.26 Å². The minimum atomic E-state index is -0.00631. The molecule has 8 nitrogen and oxygen atoms in total. The summed E-state index contributed by atoms with van der Waals surface area (Å²) in [6.45, 7) is 1.27. The lowest BCUT2D eigenvalue weighted by molar-refractivity contribution is 0.0717. The number of rotatable bonds is 3. The second-order valence-electron chi connectivity index (χ2n) is 7.35. The van der Waals surface area contributed by atoms with Crippen LogP contribution in [0.2, 0.25) is 0 Å². The van der Waals surface area contributed by atoms with Gasteiger partial charge < -0.3 is 9.80 Å². The number of hydrogen-bond donors (Lipinski definition) is 0. The lowest BCUT2D eigenvalue weighted by atomic mass is 10.1. The number of anilines is 1. The van der Waals surface area contributed by atoms with E-state index in [1.54, 1.807) is 24.7 Å². The smallest absolute Gasteiger partial charge is 0.256 e. The van der Waals surface area contributed by atoms with E-state index < -0.39 is 0 Å². The second kappa shape index (κ2) is 7.02. The number of benzene rings is 1. The van der Waals surface area contributed by atoms with E-state index in [0.29, 0.717) is 29.9 Å². The van der Waals surface area contributed by atoms with Gasteiger partial charge in [-0.2, -0.15) is 20.3 Å². The number of hydrogen-bond acceptors (Lipinski definition) is 6. The van der Waals surface area contributed by atoms with Gasteiger partial charge >= 0.3 is 0 Å².